The first-order valence-corrected chi connectivity index (χ1v) is 8.68. The quantitative estimate of drug-likeness (QED) is 0.772. The molecule has 6 nitrogen and oxygen atoms in total. The zero-order chi connectivity index (χ0) is 19.0. The minimum absolute atomic E-state index is 0.0188. The van der Waals surface area contributed by atoms with Gasteiger partial charge >= 0.3 is 5.97 Å². The number of methoxy groups -OCH3 is 1. The minimum atomic E-state index is -0.567. The van der Waals surface area contributed by atoms with Crippen LogP contribution in [0.15, 0.2) is 35.5 Å². The molecule has 2 aliphatic rings. The number of hydrogen-bond acceptors (Lipinski definition) is 6. The molecule has 0 N–H and O–H groups in total. The second kappa shape index (κ2) is 6.94. The summed E-state index contributed by atoms with van der Waals surface area (Å²) < 4.78 is 10.6. The first-order valence-electron chi connectivity index (χ1n) is 8.68. The summed E-state index contributed by atoms with van der Waals surface area (Å²) in [6, 6.07) is 7.06. The van der Waals surface area contributed by atoms with Crippen LogP contribution in [0.25, 0.3) is 0 Å². The second-order valence-electron chi connectivity index (χ2n) is 6.80. The van der Waals surface area contributed by atoms with Gasteiger partial charge in [0.2, 0.25) is 0 Å². The van der Waals surface area contributed by atoms with Crippen LogP contribution in [0, 0.1) is 5.92 Å². The van der Waals surface area contributed by atoms with Gasteiger partial charge in [0.15, 0.2) is 11.6 Å². The molecular formula is C20H23NO5. The van der Waals surface area contributed by atoms with Crippen molar-refractivity contribution in [2.24, 2.45) is 5.92 Å². The predicted molar refractivity (Wildman–Crippen MR) is 95.9 cm³/mol. The van der Waals surface area contributed by atoms with Gasteiger partial charge in [0.05, 0.1) is 13.2 Å². The third-order valence-electron chi connectivity index (χ3n) is 5.18. The molecule has 0 aromatic heterocycles. The number of fused-ring (bicyclic) bond motifs is 2. The zero-order valence-electron chi connectivity index (χ0n) is 15.4. The van der Waals surface area contributed by atoms with Crippen LogP contribution in [-0.4, -0.2) is 36.8 Å². The van der Waals surface area contributed by atoms with Gasteiger partial charge in [-0.2, -0.15) is 0 Å². The van der Waals surface area contributed by atoms with Gasteiger partial charge in [-0.15, -0.1) is 0 Å². The highest BCUT2D eigenvalue weighted by molar-refractivity contribution is 5.99. The Morgan fingerprint density at radius 2 is 1.81 bits per heavy atom. The van der Waals surface area contributed by atoms with Crippen molar-refractivity contribution in [1.82, 2.24) is 0 Å². The number of carbonyl (C=O) groups excluding carboxylic acids is 3. The number of nitrogens with zero attached hydrogens (tertiary/aromatic N) is 1. The maximum atomic E-state index is 12.8. The number of carbonyl (C=O) groups is 3. The Morgan fingerprint density at radius 1 is 1.15 bits per heavy atom. The SMILES string of the molecule is COc1ccc(N2C(C)=C(C(C)=O)[C@@H]3C[C@H]2C(=O)C[C@H]3OC(C)=O)cc1. The molecular weight excluding hydrogens is 334 g/mol. The van der Waals surface area contributed by atoms with Crippen molar-refractivity contribution in [2.45, 2.75) is 45.8 Å². The Kier molecular flexibility index (Phi) is 4.85. The van der Waals surface area contributed by atoms with Crippen LogP contribution < -0.4 is 9.64 Å². The topological polar surface area (TPSA) is 72.9 Å². The highest BCUT2D eigenvalue weighted by atomic mass is 16.5. The van der Waals surface area contributed by atoms with Gasteiger partial charge in [-0.25, -0.2) is 0 Å². The van der Waals surface area contributed by atoms with E-state index in [1.54, 1.807) is 7.11 Å². The fourth-order valence-electron chi connectivity index (χ4n) is 4.15. The first-order chi connectivity index (χ1) is 12.3. The molecule has 2 bridgehead atoms. The summed E-state index contributed by atoms with van der Waals surface area (Å²) in [5.74, 6) is 0.0103. The molecule has 3 atom stereocenters. The molecule has 0 unspecified atom stereocenters. The third-order valence-corrected chi connectivity index (χ3v) is 5.18. The number of rotatable bonds is 4. The van der Waals surface area contributed by atoms with E-state index >= 15 is 0 Å². The smallest absolute Gasteiger partial charge is 0.302 e. The predicted octanol–water partition coefficient (Wildman–Crippen LogP) is 2.66. The number of allylic oxidation sites excluding steroid dienone is 1. The third kappa shape index (κ3) is 3.11. The van der Waals surface area contributed by atoms with E-state index in [2.05, 4.69) is 0 Å². The van der Waals surface area contributed by atoms with Crippen molar-refractivity contribution < 1.29 is 23.9 Å². The van der Waals surface area contributed by atoms with E-state index in [0.717, 1.165) is 17.1 Å². The minimum Gasteiger partial charge on any atom is -0.497 e. The number of benzene rings is 1. The fourth-order valence-corrected chi connectivity index (χ4v) is 4.15. The average Bonchev–Trinajstić information content (AvgIpc) is 2.58. The summed E-state index contributed by atoms with van der Waals surface area (Å²) in [6.45, 7) is 4.70. The highest BCUT2D eigenvalue weighted by Gasteiger charge is 2.48. The molecule has 1 heterocycles. The molecule has 0 spiro atoms. The van der Waals surface area contributed by atoms with Crippen molar-refractivity contribution in [2.75, 3.05) is 12.0 Å². The molecule has 0 radical (unpaired) electrons. The lowest BCUT2D eigenvalue weighted by Gasteiger charge is -2.47. The van der Waals surface area contributed by atoms with E-state index < -0.39 is 12.1 Å². The second-order valence-corrected chi connectivity index (χ2v) is 6.80. The molecule has 26 heavy (non-hydrogen) atoms. The summed E-state index contributed by atoms with van der Waals surface area (Å²) in [4.78, 5) is 38.5. The van der Waals surface area contributed by atoms with Crippen LogP contribution in [0.3, 0.4) is 0 Å². The van der Waals surface area contributed by atoms with Crippen LogP contribution in [-0.2, 0) is 19.1 Å². The van der Waals surface area contributed by atoms with Gasteiger partial charge in [0.1, 0.15) is 11.9 Å². The Balaban J connectivity index is 2.07. The number of Topliss-reactive ketones (excluding diaryl/α,β-unsaturated/α-hetero) is 2. The van der Waals surface area contributed by atoms with Crippen molar-refractivity contribution in [3.8, 4) is 5.75 Å². The zero-order valence-corrected chi connectivity index (χ0v) is 15.4. The van der Waals surface area contributed by atoms with E-state index in [-0.39, 0.29) is 29.9 Å². The summed E-state index contributed by atoms with van der Waals surface area (Å²) in [5, 5.41) is 0. The molecule has 6 heteroatoms. The molecule has 1 aliphatic heterocycles. The lowest BCUT2D eigenvalue weighted by Crippen LogP contribution is -2.54. The Hall–Kier alpha value is -2.63. The van der Waals surface area contributed by atoms with E-state index in [1.165, 1.54) is 13.8 Å². The number of ether oxygens (including phenoxy) is 2. The summed E-state index contributed by atoms with van der Waals surface area (Å²) in [7, 11) is 1.60. The standard InChI is InChI=1S/C20H23NO5/c1-11-20(12(2)22)16-9-17(18(24)10-19(16)26-13(3)23)21(11)14-5-7-15(25-4)8-6-14/h5-8,16-17,19H,9-10H2,1-4H3/t16-,17+,19-/m1/s1. The number of ketones is 2. The van der Waals surface area contributed by atoms with Gasteiger partial charge in [0.25, 0.3) is 0 Å². The van der Waals surface area contributed by atoms with Gasteiger partial charge < -0.3 is 14.4 Å². The van der Waals surface area contributed by atoms with E-state index in [0.29, 0.717) is 12.0 Å². The Morgan fingerprint density at radius 3 is 2.35 bits per heavy atom. The molecule has 0 amide bonds. The van der Waals surface area contributed by atoms with E-state index in [1.807, 2.05) is 36.1 Å². The summed E-state index contributed by atoms with van der Waals surface area (Å²) in [6.07, 6.45) is 0.0313. The molecule has 138 valence electrons. The average molecular weight is 357 g/mol. The molecule has 1 aliphatic carbocycles. The fraction of sp³-hybridized carbons (Fsp3) is 0.450. The van der Waals surface area contributed by atoms with Crippen LogP contribution in [0.2, 0.25) is 0 Å². The summed E-state index contributed by atoms with van der Waals surface area (Å²) in [5.41, 5.74) is 2.22. The van der Waals surface area contributed by atoms with E-state index in [9.17, 15) is 14.4 Å². The van der Waals surface area contributed by atoms with Crippen LogP contribution in [0.4, 0.5) is 5.69 Å². The van der Waals surface area contributed by atoms with Gasteiger partial charge in [-0.05, 0) is 44.5 Å². The monoisotopic (exact) mass is 357 g/mol. The summed E-state index contributed by atoms with van der Waals surface area (Å²) >= 11 is 0. The van der Waals surface area contributed by atoms with Crippen LogP contribution in [0.5, 0.6) is 5.75 Å². The van der Waals surface area contributed by atoms with Gasteiger partial charge in [-0.3, -0.25) is 14.4 Å². The molecule has 1 aromatic rings. The Labute approximate surface area is 152 Å². The number of anilines is 1. The molecule has 3 rings (SSSR count). The number of hydrogen-bond donors (Lipinski definition) is 0. The maximum Gasteiger partial charge on any atom is 0.302 e. The van der Waals surface area contributed by atoms with E-state index in [4.69, 9.17) is 9.47 Å². The molecule has 1 saturated carbocycles. The van der Waals surface area contributed by atoms with Crippen LogP contribution >= 0.6 is 0 Å². The van der Waals surface area contributed by atoms with Crippen molar-refractivity contribution in [3.63, 3.8) is 0 Å². The Bertz CT molecular complexity index is 780. The molecule has 1 fully saturated rings. The normalized spacial score (nSPS) is 25.2. The van der Waals surface area contributed by atoms with Crippen molar-refractivity contribution in [3.05, 3.63) is 35.5 Å². The van der Waals surface area contributed by atoms with Crippen LogP contribution in [0.1, 0.15) is 33.6 Å². The lowest BCUT2D eigenvalue weighted by molar-refractivity contribution is -0.152. The highest BCUT2D eigenvalue weighted by Crippen LogP contribution is 2.43. The molecule has 0 saturated heterocycles. The maximum absolute atomic E-state index is 12.8. The van der Waals surface area contributed by atoms with Gasteiger partial charge in [-0.1, -0.05) is 0 Å². The number of esters is 1. The van der Waals surface area contributed by atoms with Gasteiger partial charge in [0, 0.05) is 36.2 Å². The molecule has 1 aromatic carbocycles. The lowest BCUT2D eigenvalue weighted by atomic mass is 9.72. The first kappa shape index (κ1) is 18.2. The van der Waals surface area contributed by atoms with Crippen molar-refractivity contribution >= 4 is 23.2 Å². The van der Waals surface area contributed by atoms with Crippen molar-refractivity contribution in [1.29, 1.82) is 0 Å². The largest absolute Gasteiger partial charge is 0.497 e.